The molecule has 3 rings (SSSR count). The van der Waals surface area contributed by atoms with Crippen molar-refractivity contribution >= 4 is 11.8 Å². The number of nitrogens with zero attached hydrogens (tertiary/aromatic N) is 4. The van der Waals surface area contributed by atoms with Crippen LogP contribution < -0.4 is 0 Å². The summed E-state index contributed by atoms with van der Waals surface area (Å²) in [6.45, 7) is 0. The Hall–Kier alpha value is -2.42. The first-order valence-electron chi connectivity index (χ1n) is 6.42. The summed E-state index contributed by atoms with van der Waals surface area (Å²) < 4.78 is 44.1. The van der Waals surface area contributed by atoms with Gasteiger partial charge in [0.25, 0.3) is 11.1 Å². The van der Waals surface area contributed by atoms with Crippen molar-refractivity contribution in [3.63, 3.8) is 0 Å². The molecule has 0 saturated heterocycles. The number of hydrogen-bond donors (Lipinski definition) is 0. The van der Waals surface area contributed by atoms with Crippen molar-refractivity contribution in [3.05, 3.63) is 54.0 Å². The molecule has 0 spiro atoms. The molecule has 2 heterocycles. The molecule has 0 aliphatic carbocycles. The minimum absolute atomic E-state index is 0.0672. The zero-order valence-electron chi connectivity index (χ0n) is 11.5. The lowest BCUT2D eigenvalue weighted by atomic mass is 10.1. The van der Waals surface area contributed by atoms with Gasteiger partial charge in [0.15, 0.2) is 0 Å². The van der Waals surface area contributed by atoms with Crippen LogP contribution in [-0.4, -0.2) is 20.2 Å². The van der Waals surface area contributed by atoms with E-state index in [0.29, 0.717) is 5.69 Å². The number of halogens is 3. The molecule has 0 aliphatic heterocycles. The van der Waals surface area contributed by atoms with Gasteiger partial charge in [0.1, 0.15) is 5.69 Å². The Morgan fingerprint density at radius 3 is 2.65 bits per heavy atom. The van der Waals surface area contributed by atoms with Crippen LogP contribution >= 0.6 is 11.8 Å². The molecule has 0 unspecified atom stereocenters. The first kappa shape index (κ1) is 15.5. The van der Waals surface area contributed by atoms with Crippen LogP contribution in [0.15, 0.2) is 52.5 Å². The highest BCUT2D eigenvalue weighted by molar-refractivity contribution is 7.98. The highest BCUT2D eigenvalue weighted by Gasteiger charge is 2.32. The number of thioether (sulfide) groups is 1. The Morgan fingerprint density at radius 1 is 1.09 bits per heavy atom. The third kappa shape index (κ3) is 3.67. The quantitative estimate of drug-likeness (QED) is 0.674. The van der Waals surface area contributed by atoms with Crippen molar-refractivity contribution in [2.24, 2.45) is 0 Å². The maximum absolute atomic E-state index is 12.9. The standard InChI is InChI=1S/C14H9F3N4OS/c15-14(16,17)10-4-2-1-3-9(10)8-23-13-21-20-12(22-13)11-7-18-5-6-19-11/h1-7H,8H2. The molecule has 3 aromatic rings. The minimum Gasteiger partial charge on any atom is -0.410 e. The van der Waals surface area contributed by atoms with E-state index in [4.69, 9.17) is 4.42 Å². The fourth-order valence-electron chi connectivity index (χ4n) is 1.84. The fourth-order valence-corrected chi connectivity index (χ4v) is 2.61. The molecule has 0 aliphatic rings. The second-order valence-electron chi connectivity index (χ2n) is 4.41. The zero-order chi connectivity index (χ0) is 16.3. The molecule has 118 valence electrons. The van der Waals surface area contributed by atoms with Crippen LogP contribution in [0.3, 0.4) is 0 Å². The van der Waals surface area contributed by atoms with Gasteiger partial charge in [0.05, 0.1) is 11.8 Å². The van der Waals surface area contributed by atoms with Crippen molar-refractivity contribution < 1.29 is 17.6 Å². The van der Waals surface area contributed by atoms with Crippen LogP contribution in [0.5, 0.6) is 0 Å². The summed E-state index contributed by atoms with van der Waals surface area (Å²) in [4.78, 5) is 7.89. The number of hydrogen-bond acceptors (Lipinski definition) is 6. The van der Waals surface area contributed by atoms with E-state index in [-0.39, 0.29) is 22.4 Å². The van der Waals surface area contributed by atoms with Crippen molar-refractivity contribution in [1.29, 1.82) is 0 Å². The zero-order valence-corrected chi connectivity index (χ0v) is 12.3. The topological polar surface area (TPSA) is 64.7 Å². The Bertz CT molecular complexity index is 792. The lowest BCUT2D eigenvalue weighted by Crippen LogP contribution is -2.08. The Labute approximate surface area is 133 Å². The van der Waals surface area contributed by atoms with Crippen molar-refractivity contribution in [3.8, 4) is 11.6 Å². The molecule has 2 aromatic heterocycles. The summed E-state index contributed by atoms with van der Waals surface area (Å²) in [5.41, 5.74) is -0.104. The lowest BCUT2D eigenvalue weighted by Gasteiger charge is -2.11. The molecule has 0 bridgehead atoms. The van der Waals surface area contributed by atoms with Crippen LogP contribution in [-0.2, 0) is 11.9 Å². The first-order chi connectivity index (χ1) is 11.0. The molecular formula is C14H9F3N4OS. The maximum Gasteiger partial charge on any atom is 0.416 e. The highest BCUT2D eigenvalue weighted by Crippen LogP contribution is 2.34. The third-order valence-electron chi connectivity index (χ3n) is 2.86. The third-order valence-corrected chi connectivity index (χ3v) is 3.73. The molecular weight excluding hydrogens is 329 g/mol. The van der Waals surface area contributed by atoms with E-state index in [1.807, 2.05) is 0 Å². The fraction of sp³-hybridized carbons (Fsp3) is 0.143. The minimum atomic E-state index is -4.39. The molecule has 5 nitrogen and oxygen atoms in total. The van der Waals surface area contributed by atoms with Gasteiger partial charge in [-0.05, 0) is 11.6 Å². The second-order valence-corrected chi connectivity index (χ2v) is 5.33. The molecule has 23 heavy (non-hydrogen) atoms. The molecule has 0 atom stereocenters. The smallest absolute Gasteiger partial charge is 0.410 e. The average Bonchev–Trinajstić information content (AvgIpc) is 3.02. The summed E-state index contributed by atoms with van der Waals surface area (Å²) in [5, 5.41) is 7.77. The van der Waals surface area contributed by atoms with Crippen molar-refractivity contribution in [1.82, 2.24) is 20.2 Å². The van der Waals surface area contributed by atoms with Gasteiger partial charge >= 0.3 is 6.18 Å². The van der Waals surface area contributed by atoms with Gasteiger partial charge in [0.2, 0.25) is 0 Å². The average molecular weight is 338 g/mol. The van der Waals surface area contributed by atoms with E-state index in [0.717, 1.165) is 17.8 Å². The second kappa shape index (κ2) is 6.37. The van der Waals surface area contributed by atoms with Crippen LogP contribution in [0.2, 0.25) is 0 Å². The largest absolute Gasteiger partial charge is 0.416 e. The van der Waals surface area contributed by atoms with E-state index in [9.17, 15) is 13.2 Å². The molecule has 0 radical (unpaired) electrons. The van der Waals surface area contributed by atoms with E-state index >= 15 is 0 Å². The van der Waals surface area contributed by atoms with Gasteiger partial charge < -0.3 is 4.42 Å². The molecule has 9 heteroatoms. The summed E-state index contributed by atoms with van der Waals surface area (Å²) in [6, 6.07) is 5.39. The predicted octanol–water partition coefficient (Wildman–Crippen LogP) is 3.84. The van der Waals surface area contributed by atoms with Gasteiger partial charge in [-0.15, -0.1) is 10.2 Å². The number of rotatable bonds is 4. The van der Waals surface area contributed by atoms with E-state index in [2.05, 4.69) is 20.2 Å². The number of benzene rings is 1. The van der Waals surface area contributed by atoms with Gasteiger partial charge in [-0.3, -0.25) is 4.98 Å². The van der Waals surface area contributed by atoms with Crippen LogP contribution in [0.4, 0.5) is 13.2 Å². The Balaban J connectivity index is 1.74. The van der Waals surface area contributed by atoms with E-state index in [1.165, 1.54) is 30.7 Å². The molecule has 0 amide bonds. The maximum atomic E-state index is 12.9. The van der Waals surface area contributed by atoms with Crippen molar-refractivity contribution in [2.75, 3.05) is 0 Å². The van der Waals surface area contributed by atoms with E-state index < -0.39 is 11.7 Å². The predicted molar refractivity (Wildman–Crippen MR) is 76.3 cm³/mol. The molecule has 0 saturated carbocycles. The number of alkyl halides is 3. The van der Waals surface area contributed by atoms with E-state index in [1.54, 1.807) is 6.07 Å². The van der Waals surface area contributed by atoms with Crippen LogP contribution in [0.25, 0.3) is 11.6 Å². The summed E-state index contributed by atoms with van der Waals surface area (Å²) in [6.07, 6.45) is 0.0488. The van der Waals surface area contributed by atoms with Crippen LogP contribution in [0, 0.1) is 0 Å². The summed E-state index contributed by atoms with van der Waals surface area (Å²) in [5.74, 6) is 0.238. The van der Waals surface area contributed by atoms with Crippen LogP contribution in [0.1, 0.15) is 11.1 Å². The monoisotopic (exact) mass is 338 g/mol. The molecule has 0 fully saturated rings. The molecule has 1 aromatic carbocycles. The molecule has 0 N–H and O–H groups in total. The summed E-state index contributed by atoms with van der Waals surface area (Å²) in [7, 11) is 0. The first-order valence-corrected chi connectivity index (χ1v) is 7.40. The van der Waals surface area contributed by atoms with Gasteiger partial charge in [-0.25, -0.2) is 4.98 Å². The Kier molecular flexibility index (Phi) is 4.28. The number of aromatic nitrogens is 4. The summed E-state index contributed by atoms with van der Waals surface area (Å²) >= 11 is 1.03. The SMILES string of the molecule is FC(F)(F)c1ccccc1CSc1nnc(-c2cnccn2)o1. The van der Waals surface area contributed by atoms with Gasteiger partial charge in [-0.2, -0.15) is 13.2 Å². The lowest BCUT2D eigenvalue weighted by molar-refractivity contribution is -0.138. The Morgan fingerprint density at radius 2 is 1.91 bits per heavy atom. The van der Waals surface area contributed by atoms with Gasteiger partial charge in [0, 0.05) is 18.1 Å². The highest BCUT2D eigenvalue weighted by atomic mass is 32.2. The van der Waals surface area contributed by atoms with Gasteiger partial charge in [-0.1, -0.05) is 30.0 Å². The normalized spacial score (nSPS) is 11.6. The van der Waals surface area contributed by atoms with Crippen molar-refractivity contribution in [2.45, 2.75) is 17.2 Å².